The Morgan fingerprint density at radius 2 is 2.46 bits per heavy atom. The first-order valence-corrected chi connectivity index (χ1v) is 5.52. The van der Waals surface area contributed by atoms with Gasteiger partial charge in [-0.05, 0) is 19.8 Å². The third-order valence-corrected chi connectivity index (χ3v) is 3.20. The number of likely N-dealkylation sites (tertiary alicyclic amines) is 1. The molecule has 0 aromatic carbocycles. The lowest BCUT2D eigenvalue weighted by Gasteiger charge is -2.34. The van der Waals surface area contributed by atoms with E-state index in [1.54, 1.807) is 7.11 Å². The zero-order valence-electron chi connectivity index (χ0n) is 8.12. The van der Waals surface area contributed by atoms with E-state index in [4.69, 9.17) is 4.74 Å². The van der Waals surface area contributed by atoms with Crippen molar-refractivity contribution >= 4 is 21.8 Å². The summed E-state index contributed by atoms with van der Waals surface area (Å²) in [6, 6.07) is 0.192. The van der Waals surface area contributed by atoms with Crippen molar-refractivity contribution in [3.8, 4) is 0 Å². The second kappa shape index (κ2) is 4.96. The van der Waals surface area contributed by atoms with Crippen LogP contribution in [-0.2, 0) is 9.53 Å². The molecule has 0 aromatic rings. The molecule has 1 aliphatic rings. The monoisotopic (exact) mass is 249 g/mol. The lowest BCUT2D eigenvalue weighted by atomic mass is 10.1. The van der Waals surface area contributed by atoms with Gasteiger partial charge in [0.15, 0.2) is 0 Å². The molecule has 3 nitrogen and oxygen atoms in total. The van der Waals surface area contributed by atoms with E-state index in [1.165, 1.54) is 0 Å². The normalized spacial score (nSPS) is 26.2. The van der Waals surface area contributed by atoms with Gasteiger partial charge in [-0.3, -0.25) is 4.79 Å². The number of hydrogen-bond acceptors (Lipinski definition) is 2. The van der Waals surface area contributed by atoms with Gasteiger partial charge in [-0.2, -0.15) is 0 Å². The molecular formula is C9H16BrNO2. The van der Waals surface area contributed by atoms with Crippen LogP contribution in [0.1, 0.15) is 19.8 Å². The first-order chi connectivity index (χ1) is 6.16. The van der Waals surface area contributed by atoms with Crippen LogP contribution >= 0.6 is 15.9 Å². The van der Waals surface area contributed by atoms with Gasteiger partial charge in [-0.25, -0.2) is 0 Å². The van der Waals surface area contributed by atoms with Crippen molar-refractivity contribution in [2.45, 2.75) is 30.6 Å². The Kier molecular flexibility index (Phi) is 4.19. The van der Waals surface area contributed by atoms with E-state index in [-0.39, 0.29) is 16.8 Å². The van der Waals surface area contributed by atoms with Gasteiger partial charge in [0.25, 0.3) is 0 Å². The van der Waals surface area contributed by atoms with Crippen molar-refractivity contribution in [2.24, 2.45) is 0 Å². The summed E-state index contributed by atoms with van der Waals surface area (Å²) in [5, 5.41) is 0. The predicted octanol–water partition coefficient (Wildman–Crippen LogP) is 1.41. The Hall–Kier alpha value is -0.0900. The third-order valence-electron chi connectivity index (χ3n) is 2.35. The summed E-state index contributed by atoms with van der Waals surface area (Å²) in [6.07, 6.45) is 2.03. The third kappa shape index (κ3) is 2.68. The number of carbonyl (C=O) groups excluding carboxylic acids is 1. The Bertz CT molecular complexity index is 186. The average molecular weight is 250 g/mol. The summed E-state index contributed by atoms with van der Waals surface area (Å²) >= 11 is 3.38. The minimum atomic E-state index is 0.0144. The molecular weight excluding hydrogens is 234 g/mol. The van der Waals surface area contributed by atoms with Crippen LogP contribution in [0.5, 0.6) is 0 Å². The number of amides is 1. The van der Waals surface area contributed by atoms with Gasteiger partial charge >= 0.3 is 0 Å². The summed E-state index contributed by atoms with van der Waals surface area (Å²) in [5.74, 6) is 0.204. The Morgan fingerprint density at radius 1 is 1.77 bits per heavy atom. The molecule has 1 amide bonds. The highest BCUT2D eigenvalue weighted by molar-refractivity contribution is 9.10. The lowest BCUT2D eigenvalue weighted by Crippen LogP contribution is -2.48. The van der Waals surface area contributed by atoms with Gasteiger partial charge in [-0.15, -0.1) is 0 Å². The summed E-state index contributed by atoms with van der Waals surface area (Å²) in [6.45, 7) is 3.50. The van der Waals surface area contributed by atoms with E-state index in [1.807, 2.05) is 11.8 Å². The number of halogens is 1. The molecule has 0 aliphatic carbocycles. The fourth-order valence-corrected chi connectivity index (χ4v) is 2.21. The second-order valence-corrected chi connectivity index (χ2v) is 4.55. The van der Waals surface area contributed by atoms with Crippen LogP contribution in [-0.4, -0.2) is 41.9 Å². The number of alkyl halides is 1. The molecule has 4 heteroatoms. The van der Waals surface area contributed by atoms with Crippen molar-refractivity contribution in [3.05, 3.63) is 0 Å². The fraction of sp³-hybridized carbons (Fsp3) is 0.889. The van der Waals surface area contributed by atoms with Crippen molar-refractivity contribution < 1.29 is 9.53 Å². The van der Waals surface area contributed by atoms with Gasteiger partial charge in [0.2, 0.25) is 5.91 Å². The lowest BCUT2D eigenvalue weighted by molar-refractivity contribution is -0.135. The van der Waals surface area contributed by atoms with Crippen LogP contribution in [0.2, 0.25) is 0 Å². The molecule has 0 bridgehead atoms. The van der Waals surface area contributed by atoms with E-state index >= 15 is 0 Å². The van der Waals surface area contributed by atoms with Crippen molar-refractivity contribution in [1.82, 2.24) is 4.90 Å². The quantitative estimate of drug-likeness (QED) is 0.709. The van der Waals surface area contributed by atoms with Crippen molar-refractivity contribution in [3.63, 3.8) is 0 Å². The number of hydrogen-bond donors (Lipinski definition) is 0. The zero-order chi connectivity index (χ0) is 9.84. The molecule has 2 unspecified atom stereocenters. The Balaban J connectivity index is 2.52. The van der Waals surface area contributed by atoms with Crippen LogP contribution in [0.15, 0.2) is 0 Å². The standard InChI is InChI=1S/C9H16BrNO2/c1-7(6-13-2)11-5-3-4-8(10)9(11)12/h7-8H,3-6H2,1-2H3. The highest BCUT2D eigenvalue weighted by Gasteiger charge is 2.29. The molecule has 2 atom stereocenters. The molecule has 0 spiro atoms. The number of carbonyl (C=O) groups is 1. The van der Waals surface area contributed by atoms with Gasteiger partial charge in [0.05, 0.1) is 17.5 Å². The Morgan fingerprint density at radius 3 is 3.08 bits per heavy atom. The maximum absolute atomic E-state index is 11.7. The zero-order valence-corrected chi connectivity index (χ0v) is 9.71. The smallest absolute Gasteiger partial charge is 0.236 e. The van der Waals surface area contributed by atoms with Crippen molar-refractivity contribution in [1.29, 1.82) is 0 Å². The summed E-state index contributed by atoms with van der Waals surface area (Å²) in [7, 11) is 1.66. The Labute approximate surface area is 87.6 Å². The minimum Gasteiger partial charge on any atom is -0.383 e. The molecule has 1 heterocycles. The summed E-state index contributed by atoms with van der Waals surface area (Å²) in [4.78, 5) is 13.6. The first-order valence-electron chi connectivity index (χ1n) is 4.60. The van der Waals surface area contributed by atoms with Gasteiger partial charge < -0.3 is 9.64 Å². The van der Waals surface area contributed by atoms with Crippen LogP contribution < -0.4 is 0 Å². The van der Waals surface area contributed by atoms with Crippen LogP contribution in [0.4, 0.5) is 0 Å². The molecule has 13 heavy (non-hydrogen) atoms. The maximum atomic E-state index is 11.7. The van der Waals surface area contributed by atoms with Crippen LogP contribution in [0, 0.1) is 0 Å². The number of nitrogens with zero attached hydrogens (tertiary/aromatic N) is 1. The van der Waals surface area contributed by atoms with E-state index in [0.29, 0.717) is 6.61 Å². The van der Waals surface area contributed by atoms with Gasteiger partial charge in [-0.1, -0.05) is 15.9 Å². The van der Waals surface area contributed by atoms with Crippen molar-refractivity contribution in [2.75, 3.05) is 20.3 Å². The summed E-state index contributed by atoms with van der Waals surface area (Å²) < 4.78 is 5.03. The van der Waals surface area contributed by atoms with Crippen LogP contribution in [0.25, 0.3) is 0 Å². The predicted molar refractivity (Wildman–Crippen MR) is 55.0 cm³/mol. The molecule has 0 N–H and O–H groups in total. The number of piperidine rings is 1. The first kappa shape index (κ1) is 11.0. The molecule has 0 saturated carbocycles. The SMILES string of the molecule is COCC(C)N1CCCC(Br)C1=O. The molecule has 1 rings (SSSR count). The molecule has 1 fully saturated rings. The minimum absolute atomic E-state index is 0.0144. The molecule has 0 radical (unpaired) electrons. The highest BCUT2D eigenvalue weighted by Crippen LogP contribution is 2.20. The largest absolute Gasteiger partial charge is 0.383 e. The second-order valence-electron chi connectivity index (χ2n) is 3.45. The van der Waals surface area contributed by atoms with E-state index < -0.39 is 0 Å². The molecule has 1 aliphatic heterocycles. The molecule has 0 aromatic heterocycles. The maximum Gasteiger partial charge on any atom is 0.236 e. The van der Waals surface area contributed by atoms with Crippen LogP contribution in [0.3, 0.4) is 0 Å². The van der Waals surface area contributed by atoms with Gasteiger partial charge in [0.1, 0.15) is 0 Å². The fourth-order valence-electron chi connectivity index (χ4n) is 1.62. The number of ether oxygens (including phenoxy) is 1. The molecule has 76 valence electrons. The van der Waals surface area contributed by atoms with E-state index in [0.717, 1.165) is 19.4 Å². The van der Waals surface area contributed by atoms with E-state index in [2.05, 4.69) is 15.9 Å². The average Bonchev–Trinajstić information content (AvgIpc) is 2.10. The van der Waals surface area contributed by atoms with E-state index in [9.17, 15) is 4.79 Å². The van der Waals surface area contributed by atoms with Gasteiger partial charge in [0, 0.05) is 13.7 Å². The number of rotatable bonds is 3. The highest BCUT2D eigenvalue weighted by atomic mass is 79.9. The number of methoxy groups -OCH3 is 1. The topological polar surface area (TPSA) is 29.5 Å². The molecule has 1 saturated heterocycles. The summed E-state index contributed by atoms with van der Waals surface area (Å²) in [5.41, 5.74) is 0.